The van der Waals surface area contributed by atoms with Gasteiger partial charge in [0.1, 0.15) is 0 Å². The second-order valence-electron chi connectivity index (χ2n) is 7.48. The predicted octanol–water partition coefficient (Wildman–Crippen LogP) is 6.66. The predicted molar refractivity (Wildman–Crippen MR) is 117 cm³/mol. The van der Waals surface area contributed by atoms with E-state index in [-0.39, 0.29) is 12.4 Å². The lowest BCUT2D eigenvalue weighted by atomic mass is 10.0. The SMILES string of the molecule is CC(C)=CCC/C(C)=C(\F)CC/C(C)=C/CC/C(C)=C/COP(=O)(O)OP(=O)(O)O. The van der Waals surface area contributed by atoms with Gasteiger partial charge < -0.3 is 14.7 Å². The van der Waals surface area contributed by atoms with Gasteiger partial charge in [0, 0.05) is 6.42 Å². The van der Waals surface area contributed by atoms with Gasteiger partial charge in [-0.2, -0.15) is 4.31 Å². The molecule has 0 bridgehead atoms. The van der Waals surface area contributed by atoms with E-state index in [1.165, 1.54) is 11.6 Å². The molecular weight excluding hydrogens is 433 g/mol. The summed E-state index contributed by atoms with van der Waals surface area (Å²) in [6.07, 6.45) is 9.65. The first kappa shape index (κ1) is 29.1. The second kappa shape index (κ2) is 14.3. The molecule has 0 rings (SSSR count). The molecule has 7 nitrogen and oxygen atoms in total. The summed E-state index contributed by atoms with van der Waals surface area (Å²) in [6, 6.07) is 0. The summed E-state index contributed by atoms with van der Waals surface area (Å²) in [4.78, 5) is 26.2. The van der Waals surface area contributed by atoms with E-state index in [4.69, 9.17) is 14.7 Å². The van der Waals surface area contributed by atoms with Crippen molar-refractivity contribution in [2.45, 2.75) is 73.1 Å². The zero-order valence-electron chi connectivity index (χ0n) is 18.4. The highest BCUT2D eigenvalue weighted by atomic mass is 31.3. The molecule has 0 aliphatic carbocycles. The third-order valence-electron chi connectivity index (χ3n) is 4.18. The number of rotatable bonds is 14. The molecule has 0 heterocycles. The molecule has 30 heavy (non-hydrogen) atoms. The summed E-state index contributed by atoms with van der Waals surface area (Å²) in [6.45, 7) is 9.33. The maximum Gasteiger partial charge on any atom is 0.481 e. The van der Waals surface area contributed by atoms with Gasteiger partial charge in [0.25, 0.3) is 0 Å². The van der Waals surface area contributed by atoms with Crippen molar-refractivity contribution in [2.75, 3.05) is 6.61 Å². The number of hydrogen-bond acceptors (Lipinski definition) is 4. The largest absolute Gasteiger partial charge is 0.481 e. The van der Waals surface area contributed by atoms with Crippen molar-refractivity contribution in [3.63, 3.8) is 0 Å². The first-order chi connectivity index (χ1) is 13.7. The first-order valence-corrected chi connectivity index (χ1v) is 12.8. The first-order valence-electron chi connectivity index (χ1n) is 9.75. The van der Waals surface area contributed by atoms with E-state index in [2.05, 4.69) is 14.9 Å². The van der Waals surface area contributed by atoms with Crippen molar-refractivity contribution in [3.05, 3.63) is 46.3 Å². The van der Waals surface area contributed by atoms with Crippen LogP contribution in [-0.4, -0.2) is 21.3 Å². The monoisotopic (exact) mass is 468 g/mol. The van der Waals surface area contributed by atoms with Gasteiger partial charge in [-0.15, -0.1) is 0 Å². The maximum absolute atomic E-state index is 14.2. The summed E-state index contributed by atoms with van der Waals surface area (Å²) < 4.78 is 44.2. The number of phosphoric acid groups is 2. The minimum atomic E-state index is -5.11. The van der Waals surface area contributed by atoms with E-state index in [0.29, 0.717) is 19.3 Å². The zero-order valence-corrected chi connectivity index (χ0v) is 20.2. The van der Waals surface area contributed by atoms with Crippen molar-refractivity contribution in [2.24, 2.45) is 0 Å². The standard InChI is InChI=1S/C20H35FO7P2/c1-16(2)8-6-11-19(5)20(21)13-12-17(3)9-7-10-18(4)14-15-27-30(25,26)28-29(22,23)24/h8-9,14H,6-7,10-13,15H2,1-5H3,(H,25,26)(H2,22,23,24)/b17-9+,18-14+,20-19-. The molecule has 174 valence electrons. The van der Waals surface area contributed by atoms with Crippen LogP contribution in [0.3, 0.4) is 0 Å². The normalized spacial score (nSPS) is 16.2. The van der Waals surface area contributed by atoms with Crippen LogP contribution < -0.4 is 0 Å². The van der Waals surface area contributed by atoms with Crippen molar-refractivity contribution in [3.8, 4) is 0 Å². The van der Waals surface area contributed by atoms with Crippen molar-refractivity contribution < 1.29 is 37.0 Å². The van der Waals surface area contributed by atoms with Crippen LogP contribution >= 0.6 is 15.6 Å². The summed E-state index contributed by atoms with van der Waals surface area (Å²) in [5.41, 5.74) is 3.98. The van der Waals surface area contributed by atoms with Crippen LogP contribution in [-0.2, 0) is 18.0 Å². The highest BCUT2D eigenvalue weighted by molar-refractivity contribution is 7.60. The number of allylic oxidation sites excluding steroid dienone is 7. The van der Waals surface area contributed by atoms with Crippen molar-refractivity contribution in [1.29, 1.82) is 0 Å². The fourth-order valence-corrected chi connectivity index (χ4v) is 3.94. The Bertz CT molecular complexity index is 759. The van der Waals surface area contributed by atoms with E-state index >= 15 is 0 Å². The molecule has 0 saturated carbocycles. The van der Waals surface area contributed by atoms with Crippen LogP contribution in [0.1, 0.15) is 73.1 Å². The van der Waals surface area contributed by atoms with Crippen LogP contribution in [0.4, 0.5) is 4.39 Å². The quantitative estimate of drug-likeness (QED) is 0.193. The Morgan fingerprint density at radius 2 is 1.40 bits per heavy atom. The number of phosphoric ester groups is 1. The van der Waals surface area contributed by atoms with E-state index in [1.807, 2.05) is 33.8 Å². The topological polar surface area (TPSA) is 113 Å². The molecular formula is C20H35FO7P2. The fourth-order valence-electron chi connectivity index (χ4n) is 2.42. The lowest BCUT2D eigenvalue weighted by molar-refractivity contribution is 0.191. The number of halogens is 1. The molecule has 0 aromatic heterocycles. The Labute approximate surface area is 179 Å². The van der Waals surface area contributed by atoms with E-state index in [1.54, 1.807) is 6.92 Å². The molecule has 0 spiro atoms. The average Bonchev–Trinajstić information content (AvgIpc) is 2.56. The van der Waals surface area contributed by atoms with Gasteiger partial charge >= 0.3 is 15.6 Å². The highest BCUT2D eigenvalue weighted by Crippen LogP contribution is 2.57. The van der Waals surface area contributed by atoms with Gasteiger partial charge in [0.15, 0.2) is 0 Å². The summed E-state index contributed by atoms with van der Waals surface area (Å²) in [5.74, 6) is -0.0518. The van der Waals surface area contributed by atoms with Crippen LogP contribution in [0.2, 0.25) is 0 Å². The van der Waals surface area contributed by atoms with Crippen LogP contribution in [0, 0.1) is 0 Å². The molecule has 0 aromatic rings. The minimum Gasteiger partial charge on any atom is -0.302 e. The number of hydrogen-bond donors (Lipinski definition) is 3. The molecule has 0 aromatic carbocycles. The molecule has 10 heteroatoms. The Morgan fingerprint density at radius 3 is 1.97 bits per heavy atom. The summed E-state index contributed by atoms with van der Waals surface area (Å²) in [7, 11) is -9.92. The van der Waals surface area contributed by atoms with Gasteiger partial charge in [-0.1, -0.05) is 34.9 Å². The highest BCUT2D eigenvalue weighted by Gasteiger charge is 2.31. The minimum absolute atomic E-state index is 0.0518. The molecule has 0 saturated heterocycles. The molecule has 0 aliphatic heterocycles. The van der Waals surface area contributed by atoms with Gasteiger partial charge in [-0.25, -0.2) is 13.5 Å². The molecule has 3 N–H and O–H groups in total. The Morgan fingerprint density at radius 1 is 0.833 bits per heavy atom. The molecule has 0 aliphatic rings. The molecule has 0 amide bonds. The van der Waals surface area contributed by atoms with Gasteiger partial charge in [-0.05, 0) is 72.3 Å². The van der Waals surface area contributed by atoms with Gasteiger partial charge in [0.2, 0.25) is 0 Å². The fraction of sp³-hybridized carbons (Fsp3) is 0.600. The van der Waals surface area contributed by atoms with Crippen LogP contribution in [0.15, 0.2) is 46.3 Å². The van der Waals surface area contributed by atoms with Gasteiger partial charge in [-0.3, -0.25) is 4.52 Å². The molecule has 0 radical (unpaired) electrons. The van der Waals surface area contributed by atoms with Crippen LogP contribution in [0.25, 0.3) is 0 Å². The Hall–Kier alpha value is -0.850. The second-order valence-corrected chi connectivity index (χ2v) is 10.3. The lowest BCUT2D eigenvalue weighted by Crippen LogP contribution is -1.94. The third kappa shape index (κ3) is 16.9. The summed E-state index contributed by atoms with van der Waals surface area (Å²) >= 11 is 0. The Balaban J connectivity index is 4.35. The van der Waals surface area contributed by atoms with Crippen molar-refractivity contribution >= 4 is 15.6 Å². The summed E-state index contributed by atoms with van der Waals surface area (Å²) in [5, 5.41) is 0. The molecule has 1 unspecified atom stereocenters. The smallest absolute Gasteiger partial charge is 0.302 e. The van der Waals surface area contributed by atoms with E-state index in [9.17, 15) is 13.5 Å². The van der Waals surface area contributed by atoms with Crippen LogP contribution in [0.5, 0.6) is 0 Å². The van der Waals surface area contributed by atoms with Gasteiger partial charge in [0.05, 0.1) is 12.4 Å². The molecule has 1 atom stereocenters. The molecule has 0 fully saturated rings. The van der Waals surface area contributed by atoms with E-state index < -0.39 is 15.6 Å². The van der Waals surface area contributed by atoms with Crippen molar-refractivity contribution in [1.82, 2.24) is 0 Å². The Kier molecular flexibility index (Phi) is 13.9. The third-order valence-corrected chi connectivity index (χ3v) is 6.34. The lowest BCUT2D eigenvalue weighted by Gasteiger charge is -2.11. The van der Waals surface area contributed by atoms with E-state index in [0.717, 1.165) is 36.0 Å². The zero-order chi connectivity index (χ0) is 23.4. The maximum atomic E-state index is 14.2. The average molecular weight is 468 g/mol.